The van der Waals surface area contributed by atoms with Gasteiger partial charge in [-0.25, -0.2) is 24.9 Å². The molecule has 0 aliphatic carbocycles. The van der Waals surface area contributed by atoms with Gasteiger partial charge in [0.25, 0.3) is 5.56 Å². The maximum atomic E-state index is 12.1. The number of anilines is 2. The van der Waals surface area contributed by atoms with Crippen LogP contribution >= 0.6 is 11.8 Å². The lowest BCUT2D eigenvalue weighted by Gasteiger charge is -2.11. The minimum absolute atomic E-state index is 0.265. The molecule has 0 radical (unpaired) electrons. The summed E-state index contributed by atoms with van der Waals surface area (Å²) >= 11 is 1.41. The van der Waals surface area contributed by atoms with E-state index in [1.807, 2.05) is 45.0 Å². The molecular weight excluding hydrogens is 414 g/mol. The molecule has 1 aromatic carbocycles. The van der Waals surface area contributed by atoms with Gasteiger partial charge in [-0.2, -0.15) is 0 Å². The Morgan fingerprint density at radius 2 is 2.00 bits per heavy atom. The molecule has 0 unspecified atom stereocenters. The number of aromatic amines is 1. The van der Waals surface area contributed by atoms with Crippen LogP contribution in [0.1, 0.15) is 24.0 Å². The summed E-state index contributed by atoms with van der Waals surface area (Å²) in [6, 6.07) is 9.01. The number of rotatable bonds is 7. The Bertz CT molecular complexity index is 1290. The summed E-state index contributed by atoms with van der Waals surface area (Å²) in [7, 11) is 0. The van der Waals surface area contributed by atoms with Gasteiger partial charge >= 0.3 is 0 Å². The van der Waals surface area contributed by atoms with E-state index < -0.39 is 0 Å². The number of hydrogen-bond donors (Lipinski definition) is 2. The first-order valence-corrected chi connectivity index (χ1v) is 10.7. The highest BCUT2D eigenvalue weighted by Gasteiger charge is 2.11. The highest BCUT2D eigenvalue weighted by atomic mass is 32.2. The number of aryl methyl sites for hydroxylation is 2. The van der Waals surface area contributed by atoms with Gasteiger partial charge in [-0.05, 0) is 32.9 Å². The van der Waals surface area contributed by atoms with Crippen LogP contribution in [-0.2, 0) is 5.75 Å². The van der Waals surface area contributed by atoms with Crippen LogP contribution in [0.4, 0.5) is 11.9 Å². The van der Waals surface area contributed by atoms with Crippen LogP contribution in [0.5, 0.6) is 5.75 Å². The average molecular weight is 436 g/mol. The number of hydrogen-bond acceptors (Lipinski definition) is 9. The molecule has 0 aliphatic rings. The first-order valence-electron chi connectivity index (χ1n) is 9.71. The van der Waals surface area contributed by atoms with Gasteiger partial charge in [-0.3, -0.25) is 15.1 Å². The largest absolute Gasteiger partial charge is 0.492 e. The van der Waals surface area contributed by atoms with Gasteiger partial charge < -0.3 is 4.74 Å². The molecule has 0 saturated heterocycles. The number of para-hydroxylation sites is 1. The van der Waals surface area contributed by atoms with Crippen molar-refractivity contribution in [1.29, 1.82) is 0 Å². The van der Waals surface area contributed by atoms with Crippen molar-refractivity contribution in [2.45, 2.75) is 31.7 Å². The van der Waals surface area contributed by atoms with E-state index in [9.17, 15) is 4.79 Å². The third kappa shape index (κ3) is 4.97. The summed E-state index contributed by atoms with van der Waals surface area (Å²) < 4.78 is 5.69. The highest BCUT2D eigenvalue weighted by Crippen LogP contribution is 2.27. The molecule has 0 amide bonds. The van der Waals surface area contributed by atoms with Crippen molar-refractivity contribution in [1.82, 2.24) is 29.9 Å². The molecular formula is C21H21N7O2S. The van der Waals surface area contributed by atoms with Gasteiger partial charge in [-0.1, -0.05) is 23.9 Å². The van der Waals surface area contributed by atoms with E-state index in [1.54, 1.807) is 6.20 Å². The summed E-state index contributed by atoms with van der Waals surface area (Å²) in [6.07, 6.45) is 1.71. The van der Waals surface area contributed by atoms with E-state index in [4.69, 9.17) is 4.74 Å². The van der Waals surface area contributed by atoms with E-state index in [0.29, 0.717) is 40.4 Å². The lowest BCUT2D eigenvalue weighted by atomic mass is 10.2. The quantitative estimate of drug-likeness (QED) is 0.332. The lowest BCUT2D eigenvalue weighted by Crippen LogP contribution is -2.13. The van der Waals surface area contributed by atoms with Crippen LogP contribution in [0.2, 0.25) is 0 Å². The van der Waals surface area contributed by atoms with E-state index in [2.05, 4.69) is 35.2 Å². The molecule has 4 rings (SSSR count). The Hall–Kier alpha value is -3.53. The van der Waals surface area contributed by atoms with Crippen molar-refractivity contribution in [3.8, 4) is 5.75 Å². The number of nitrogens with zero attached hydrogens (tertiary/aromatic N) is 5. The van der Waals surface area contributed by atoms with Crippen LogP contribution in [0.25, 0.3) is 10.9 Å². The minimum Gasteiger partial charge on any atom is -0.492 e. The molecule has 0 aliphatic heterocycles. The zero-order chi connectivity index (χ0) is 21.8. The minimum atomic E-state index is -0.272. The monoisotopic (exact) mass is 435 g/mol. The zero-order valence-corrected chi connectivity index (χ0v) is 18.2. The third-order valence-corrected chi connectivity index (χ3v) is 5.22. The number of H-pyrrole nitrogens is 1. The first-order chi connectivity index (χ1) is 15.0. The average Bonchev–Trinajstić information content (AvgIpc) is 2.73. The normalized spacial score (nSPS) is 10.9. The van der Waals surface area contributed by atoms with E-state index in [1.165, 1.54) is 17.8 Å². The second-order valence-corrected chi connectivity index (χ2v) is 7.64. The van der Waals surface area contributed by atoms with Crippen molar-refractivity contribution in [2.75, 3.05) is 11.9 Å². The molecule has 3 heterocycles. The summed E-state index contributed by atoms with van der Waals surface area (Å²) in [5.41, 5.74) is 2.69. The molecule has 3 aromatic heterocycles. The molecule has 0 bridgehead atoms. The summed E-state index contributed by atoms with van der Waals surface area (Å²) in [5.74, 6) is 1.72. The molecule has 9 nitrogen and oxygen atoms in total. The number of thioether (sulfide) groups is 1. The maximum absolute atomic E-state index is 12.1. The van der Waals surface area contributed by atoms with Crippen LogP contribution < -0.4 is 15.6 Å². The summed E-state index contributed by atoms with van der Waals surface area (Å²) in [6.45, 7) is 6.26. The van der Waals surface area contributed by atoms with Crippen molar-refractivity contribution in [3.05, 3.63) is 64.0 Å². The number of aromatic nitrogens is 6. The molecule has 158 valence electrons. The predicted octanol–water partition coefficient (Wildman–Crippen LogP) is 3.55. The van der Waals surface area contributed by atoms with Crippen LogP contribution in [0.3, 0.4) is 0 Å². The molecule has 0 fully saturated rings. The standard InChI is InChI=1S/C21H21N7O2S/c1-4-30-16-7-5-6-15-13(3)24-19(27-18(15)16)28-20-25-14(10-17(29)26-20)11-31-21-22-9-8-12(2)23-21/h5-10H,4,11H2,1-3H3,(H2,24,25,26,27,28,29). The topological polar surface area (TPSA) is 119 Å². The number of fused-ring (bicyclic) bond motifs is 1. The molecule has 31 heavy (non-hydrogen) atoms. The summed E-state index contributed by atoms with van der Waals surface area (Å²) in [4.78, 5) is 37.0. The molecule has 2 N–H and O–H groups in total. The Morgan fingerprint density at radius 1 is 1.13 bits per heavy atom. The van der Waals surface area contributed by atoms with Gasteiger partial charge in [0.05, 0.1) is 18.0 Å². The SMILES string of the molecule is CCOc1cccc2c(C)nc(Nc3nc(CSc4nccc(C)n4)cc(=O)[nH]3)nc12. The summed E-state index contributed by atoms with van der Waals surface area (Å²) in [5, 5.41) is 4.55. The number of nitrogens with one attached hydrogen (secondary N) is 2. The van der Waals surface area contributed by atoms with Gasteiger partial charge in [0.15, 0.2) is 5.16 Å². The van der Waals surface area contributed by atoms with Gasteiger partial charge in [0.1, 0.15) is 11.3 Å². The van der Waals surface area contributed by atoms with Crippen molar-refractivity contribution in [2.24, 2.45) is 0 Å². The van der Waals surface area contributed by atoms with E-state index >= 15 is 0 Å². The van der Waals surface area contributed by atoms with Crippen LogP contribution in [0.15, 0.2) is 46.5 Å². The van der Waals surface area contributed by atoms with Gasteiger partial charge in [0, 0.05) is 29.1 Å². The third-order valence-electron chi connectivity index (χ3n) is 4.33. The Morgan fingerprint density at radius 3 is 2.81 bits per heavy atom. The first kappa shape index (κ1) is 20.7. The fraction of sp³-hybridized carbons (Fsp3) is 0.238. The fourth-order valence-electron chi connectivity index (χ4n) is 2.99. The Balaban J connectivity index is 1.60. The number of benzene rings is 1. The van der Waals surface area contributed by atoms with Crippen LogP contribution in [0, 0.1) is 13.8 Å². The molecule has 4 aromatic rings. The zero-order valence-electron chi connectivity index (χ0n) is 17.3. The smallest absolute Gasteiger partial charge is 0.252 e. The molecule has 0 saturated carbocycles. The van der Waals surface area contributed by atoms with Crippen molar-refractivity contribution < 1.29 is 4.74 Å². The van der Waals surface area contributed by atoms with E-state index in [0.717, 1.165) is 16.8 Å². The lowest BCUT2D eigenvalue weighted by molar-refractivity contribution is 0.343. The predicted molar refractivity (Wildman–Crippen MR) is 120 cm³/mol. The molecule has 10 heteroatoms. The molecule has 0 atom stereocenters. The second-order valence-electron chi connectivity index (χ2n) is 6.70. The number of ether oxygens (including phenoxy) is 1. The Kier molecular flexibility index (Phi) is 6.08. The van der Waals surface area contributed by atoms with Crippen molar-refractivity contribution >= 4 is 34.6 Å². The highest BCUT2D eigenvalue weighted by molar-refractivity contribution is 7.98. The van der Waals surface area contributed by atoms with E-state index in [-0.39, 0.29) is 11.5 Å². The van der Waals surface area contributed by atoms with Crippen molar-refractivity contribution in [3.63, 3.8) is 0 Å². The Labute approximate surface area is 182 Å². The van der Waals surface area contributed by atoms with Crippen LogP contribution in [-0.4, -0.2) is 36.5 Å². The van der Waals surface area contributed by atoms with Gasteiger partial charge in [0.2, 0.25) is 11.9 Å². The maximum Gasteiger partial charge on any atom is 0.252 e. The molecule has 0 spiro atoms. The fourth-order valence-corrected chi connectivity index (χ4v) is 3.76. The second kappa shape index (κ2) is 9.09. The van der Waals surface area contributed by atoms with Gasteiger partial charge in [-0.15, -0.1) is 0 Å².